The van der Waals surface area contributed by atoms with Crippen molar-refractivity contribution in [1.29, 1.82) is 0 Å². The van der Waals surface area contributed by atoms with Crippen molar-refractivity contribution in [3.63, 3.8) is 0 Å². The zero-order valence-corrected chi connectivity index (χ0v) is 12.9. The molecule has 0 aliphatic carbocycles. The van der Waals surface area contributed by atoms with Crippen LogP contribution in [0, 0.1) is 0 Å². The summed E-state index contributed by atoms with van der Waals surface area (Å²) in [5.41, 5.74) is 1.85. The van der Waals surface area contributed by atoms with E-state index >= 15 is 0 Å². The Balaban J connectivity index is 2.24. The third-order valence-electron chi connectivity index (χ3n) is 3.20. The van der Waals surface area contributed by atoms with Crippen LogP contribution in [0.1, 0.15) is 21.5 Å². The maximum atomic E-state index is 11.8. The van der Waals surface area contributed by atoms with Gasteiger partial charge in [0.05, 0.1) is 7.11 Å². The van der Waals surface area contributed by atoms with Crippen LogP contribution in [0.2, 0.25) is 10.0 Å². The molecular formula is C16H14Cl2O3. The van der Waals surface area contributed by atoms with Gasteiger partial charge in [0.2, 0.25) is 0 Å². The minimum Gasteiger partial charge on any atom is -0.507 e. The first-order valence-electron chi connectivity index (χ1n) is 6.36. The fraction of sp³-hybridized carbons (Fsp3) is 0.188. The van der Waals surface area contributed by atoms with Gasteiger partial charge in [-0.2, -0.15) is 0 Å². The van der Waals surface area contributed by atoms with Crippen molar-refractivity contribution >= 4 is 29.2 Å². The van der Waals surface area contributed by atoms with Crippen molar-refractivity contribution in [2.75, 3.05) is 7.11 Å². The first-order valence-corrected chi connectivity index (χ1v) is 7.11. The van der Waals surface area contributed by atoms with E-state index in [1.54, 1.807) is 24.3 Å². The van der Waals surface area contributed by atoms with E-state index < -0.39 is 5.97 Å². The Morgan fingerprint density at radius 3 is 2.52 bits per heavy atom. The van der Waals surface area contributed by atoms with Crippen LogP contribution in [-0.4, -0.2) is 18.2 Å². The number of benzene rings is 2. The van der Waals surface area contributed by atoms with Gasteiger partial charge in [0.25, 0.3) is 0 Å². The molecule has 0 saturated heterocycles. The molecule has 1 N–H and O–H groups in total. The largest absolute Gasteiger partial charge is 0.507 e. The number of rotatable bonds is 4. The summed E-state index contributed by atoms with van der Waals surface area (Å²) in [6, 6.07) is 10.3. The van der Waals surface area contributed by atoms with Crippen molar-refractivity contribution in [2.24, 2.45) is 0 Å². The summed E-state index contributed by atoms with van der Waals surface area (Å²) in [6.07, 6.45) is 1.18. The van der Waals surface area contributed by atoms with Crippen LogP contribution in [0.25, 0.3) is 0 Å². The van der Waals surface area contributed by atoms with Crippen LogP contribution >= 0.6 is 23.2 Å². The lowest BCUT2D eigenvalue weighted by atomic mass is 9.99. The van der Waals surface area contributed by atoms with E-state index in [2.05, 4.69) is 0 Å². The highest BCUT2D eigenvalue weighted by molar-refractivity contribution is 6.35. The number of carbonyl (C=O) groups excluding carboxylic acids is 1. The second-order valence-electron chi connectivity index (χ2n) is 4.54. The predicted octanol–water partition coefficient (Wildman–Crippen LogP) is 4.27. The molecule has 0 unspecified atom stereocenters. The molecule has 21 heavy (non-hydrogen) atoms. The Hall–Kier alpha value is -1.71. The SMILES string of the molecule is COC(=O)c1c(O)cccc1CCc1ccc(Cl)cc1Cl. The second kappa shape index (κ2) is 6.83. The van der Waals surface area contributed by atoms with Crippen molar-refractivity contribution in [3.05, 3.63) is 63.1 Å². The minimum atomic E-state index is -0.551. The summed E-state index contributed by atoms with van der Waals surface area (Å²) in [5.74, 6) is -0.633. The fourth-order valence-electron chi connectivity index (χ4n) is 2.13. The van der Waals surface area contributed by atoms with Crippen molar-refractivity contribution in [2.45, 2.75) is 12.8 Å². The van der Waals surface area contributed by atoms with Crippen LogP contribution < -0.4 is 0 Å². The first kappa shape index (κ1) is 15.7. The molecule has 0 atom stereocenters. The molecule has 2 aromatic rings. The van der Waals surface area contributed by atoms with Gasteiger partial charge in [-0.15, -0.1) is 0 Å². The average molecular weight is 325 g/mol. The first-order chi connectivity index (χ1) is 10.0. The van der Waals surface area contributed by atoms with Crippen molar-refractivity contribution in [3.8, 4) is 5.75 Å². The molecule has 5 heteroatoms. The Bertz CT molecular complexity index is 669. The number of halogens is 2. The van der Waals surface area contributed by atoms with E-state index in [4.69, 9.17) is 27.9 Å². The second-order valence-corrected chi connectivity index (χ2v) is 5.38. The van der Waals surface area contributed by atoms with E-state index in [-0.39, 0.29) is 11.3 Å². The predicted molar refractivity (Wildman–Crippen MR) is 83.3 cm³/mol. The monoisotopic (exact) mass is 324 g/mol. The zero-order chi connectivity index (χ0) is 15.4. The van der Waals surface area contributed by atoms with Gasteiger partial charge < -0.3 is 9.84 Å². The van der Waals surface area contributed by atoms with Crippen molar-refractivity contribution in [1.82, 2.24) is 0 Å². The molecule has 0 aliphatic rings. The van der Waals surface area contributed by atoms with Gasteiger partial charge >= 0.3 is 5.97 Å². The number of esters is 1. The highest BCUT2D eigenvalue weighted by atomic mass is 35.5. The molecule has 0 aromatic heterocycles. The molecule has 0 amide bonds. The number of aromatic hydroxyl groups is 1. The molecule has 0 fully saturated rings. The van der Waals surface area contributed by atoms with Crippen LogP contribution in [-0.2, 0) is 17.6 Å². The number of carbonyl (C=O) groups is 1. The number of hydrogen-bond donors (Lipinski definition) is 1. The molecule has 0 spiro atoms. The molecular weight excluding hydrogens is 311 g/mol. The summed E-state index contributed by atoms with van der Waals surface area (Å²) >= 11 is 12.0. The molecule has 110 valence electrons. The normalized spacial score (nSPS) is 10.4. The lowest BCUT2D eigenvalue weighted by Gasteiger charge is -2.10. The Labute approximate surface area is 133 Å². The number of hydrogen-bond acceptors (Lipinski definition) is 3. The highest BCUT2D eigenvalue weighted by Gasteiger charge is 2.16. The summed E-state index contributed by atoms with van der Waals surface area (Å²) in [6.45, 7) is 0. The number of aryl methyl sites for hydroxylation is 2. The quantitative estimate of drug-likeness (QED) is 0.854. The Morgan fingerprint density at radius 1 is 1.14 bits per heavy atom. The smallest absolute Gasteiger partial charge is 0.341 e. The average Bonchev–Trinajstić information content (AvgIpc) is 2.45. The van der Waals surface area contributed by atoms with Crippen LogP contribution in [0.3, 0.4) is 0 Å². The summed E-state index contributed by atoms with van der Waals surface area (Å²) in [7, 11) is 1.29. The highest BCUT2D eigenvalue weighted by Crippen LogP contribution is 2.26. The van der Waals surface area contributed by atoms with Gasteiger partial charge in [-0.1, -0.05) is 41.4 Å². The molecule has 0 saturated carbocycles. The minimum absolute atomic E-state index is 0.0819. The van der Waals surface area contributed by atoms with Crippen LogP contribution in [0.15, 0.2) is 36.4 Å². The Morgan fingerprint density at radius 2 is 1.86 bits per heavy atom. The number of methoxy groups -OCH3 is 1. The van der Waals surface area contributed by atoms with E-state index in [1.165, 1.54) is 13.2 Å². The van der Waals surface area contributed by atoms with Gasteiger partial charge in [0, 0.05) is 10.0 Å². The maximum Gasteiger partial charge on any atom is 0.341 e. The van der Waals surface area contributed by atoms with Gasteiger partial charge in [0.1, 0.15) is 11.3 Å². The Kier molecular flexibility index (Phi) is 5.10. The standard InChI is InChI=1S/C16H14Cl2O3/c1-21-16(20)15-11(3-2-4-14(15)19)6-5-10-7-8-12(17)9-13(10)18/h2-4,7-9,19H,5-6H2,1H3. The van der Waals surface area contributed by atoms with E-state index in [1.807, 2.05) is 6.07 Å². The molecule has 2 rings (SSSR count). The summed E-state index contributed by atoms with van der Waals surface area (Å²) in [4.78, 5) is 11.8. The molecule has 0 heterocycles. The van der Waals surface area contributed by atoms with Crippen molar-refractivity contribution < 1.29 is 14.6 Å². The van der Waals surface area contributed by atoms with E-state index in [0.29, 0.717) is 28.5 Å². The fourth-order valence-corrected chi connectivity index (χ4v) is 2.63. The summed E-state index contributed by atoms with van der Waals surface area (Å²) in [5, 5.41) is 11.0. The van der Waals surface area contributed by atoms with E-state index in [9.17, 15) is 9.90 Å². The number of ether oxygens (including phenoxy) is 1. The lowest BCUT2D eigenvalue weighted by Crippen LogP contribution is -2.07. The number of phenolic OH excluding ortho intramolecular Hbond substituents is 1. The van der Waals surface area contributed by atoms with Crippen LogP contribution in [0.5, 0.6) is 5.75 Å². The van der Waals surface area contributed by atoms with Gasteiger partial charge in [0.15, 0.2) is 0 Å². The van der Waals surface area contributed by atoms with Gasteiger partial charge in [-0.3, -0.25) is 0 Å². The zero-order valence-electron chi connectivity index (χ0n) is 11.4. The number of phenols is 1. The maximum absolute atomic E-state index is 11.8. The molecule has 0 aliphatic heterocycles. The molecule has 0 radical (unpaired) electrons. The van der Waals surface area contributed by atoms with Gasteiger partial charge in [-0.05, 0) is 42.2 Å². The van der Waals surface area contributed by atoms with Gasteiger partial charge in [-0.25, -0.2) is 4.79 Å². The molecule has 2 aromatic carbocycles. The van der Waals surface area contributed by atoms with E-state index in [0.717, 1.165) is 5.56 Å². The van der Waals surface area contributed by atoms with Crippen LogP contribution in [0.4, 0.5) is 0 Å². The third-order valence-corrected chi connectivity index (χ3v) is 3.78. The summed E-state index contributed by atoms with van der Waals surface area (Å²) < 4.78 is 4.71. The topological polar surface area (TPSA) is 46.5 Å². The third kappa shape index (κ3) is 3.69. The lowest BCUT2D eigenvalue weighted by molar-refractivity contribution is 0.0596. The molecule has 3 nitrogen and oxygen atoms in total. The molecule has 0 bridgehead atoms.